The summed E-state index contributed by atoms with van der Waals surface area (Å²) in [6, 6.07) is 14.0. The SMILES string of the molecule is Brc1ccc2cc(NC(C3CC3)C3CC3)ccc2c1. The number of anilines is 1. The predicted octanol–water partition coefficient (Wildman–Crippen LogP) is 5.20. The van der Waals surface area contributed by atoms with Crippen molar-refractivity contribution < 1.29 is 0 Å². The first-order valence-electron chi connectivity index (χ1n) is 7.25. The molecule has 0 radical (unpaired) electrons. The van der Waals surface area contributed by atoms with Crippen LogP contribution in [0.3, 0.4) is 0 Å². The molecule has 0 saturated heterocycles. The molecule has 98 valence electrons. The van der Waals surface area contributed by atoms with Crippen molar-refractivity contribution >= 4 is 32.4 Å². The molecule has 0 aromatic heterocycles. The normalized spacial score (nSPS) is 19.1. The van der Waals surface area contributed by atoms with Crippen molar-refractivity contribution in [2.24, 2.45) is 11.8 Å². The maximum absolute atomic E-state index is 3.80. The fourth-order valence-corrected chi connectivity index (χ4v) is 3.41. The van der Waals surface area contributed by atoms with Crippen LogP contribution in [0.5, 0.6) is 0 Å². The topological polar surface area (TPSA) is 12.0 Å². The Balaban J connectivity index is 1.61. The van der Waals surface area contributed by atoms with Gasteiger partial charge in [-0.25, -0.2) is 0 Å². The van der Waals surface area contributed by atoms with Crippen molar-refractivity contribution in [3.63, 3.8) is 0 Å². The summed E-state index contributed by atoms with van der Waals surface area (Å²) in [6.07, 6.45) is 5.70. The van der Waals surface area contributed by atoms with Gasteiger partial charge in [0, 0.05) is 16.2 Å². The van der Waals surface area contributed by atoms with Gasteiger partial charge in [-0.15, -0.1) is 0 Å². The summed E-state index contributed by atoms with van der Waals surface area (Å²) in [5.41, 5.74) is 1.29. The minimum atomic E-state index is 0.730. The van der Waals surface area contributed by atoms with Gasteiger partial charge in [0.1, 0.15) is 0 Å². The summed E-state index contributed by atoms with van der Waals surface area (Å²) >= 11 is 3.53. The summed E-state index contributed by atoms with van der Waals surface area (Å²) in [5.74, 6) is 1.88. The van der Waals surface area contributed by atoms with E-state index in [2.05, 4.69) is 57.6 Å². The Morgan fingerprint density at radius 2 is 1.53 bits per heavy atom. The van der Waals surface area contributed by atoms with Crippen molar-refractivity contribution in [3.8, 4) is 0 Å². The van der Waals surface area contributed by atoms with Gasteiger partial charge < -0.3 is 5.32 Å². The van der Waals surface area contributed by atoms with E-state index in [0.717, 1.165) is 22.4 Å². The number of hydrogen-bond donors (Lipinski definition) is 1. The molecule has 19 heavy (non-hydrogen) atoms. The van der Waals surface area contributed by atoms with Gasteiger partial charge in [0.2, 0.25) is 0 Å². The van der Waals surface area contributed by atoms with E-state index in [1.807, 2.05) is 0 Å². The van der Waals surface area contributed by atoms with Crippen LogP contribution in [0.4, 0.5) is 5.69 Å². The van der Waals surface area contributed by atoms with Crippen LogP contribution in [0.25, 0.3) is 10.8 Å². The van der Waals surface area contributed by atoms with Crippen LogP contribution in [0, 0.1) is 11.8 Å². The zero-order valence-electron chi connectivity index (χ0n) is 10.9. The lowest BCUT2D eigenvalue weighted by molar-refractivity contribution is 0.568. The Morgan fingerprint density at radius 3 is 2.21 bits per heavy atom. The Kier molecular flexibility index (Phi) is 2.80. The molecule has 0 amide bonds. The van der Waals surface area contributed by atoms with Crippen LogP contribution in [0.2, 0.25) is 0 Å². The molecule has 2 aliphatic carbocycles. The first kappa shape index (κ1) is 11.8. The molecule has 0 heterocycles. The van der Waals surface area contributed by atoms with Crippen LogP contribution in [-0.4, -0.2) is 6.04 Å². The smallest absolute Gasteiger partial charge is 0.0348 e. The minimum absolute atomic E-state index is 0.730. The zero-order valence-corrected chi connectivity index (χ0v) is 12.5. The standard InChI is InChI=1S/C17H18BrN/c18-15-7-5-14-10-16(8-6-13(14)9-15)19-17(11-1-2-11)12-3-4-12/h5-12,17,19H,1-4H2. The Morgan fingerprint density at radius 1 is 0.895 bits per heavy atom. The first-order valence-corrected chi connectivity index (χ1v) is 8.05. The molecule has 2 heteroatoms. The fraction of sp³-hybridized carbons (Fsp3) is 0.412. The number of halogens is 1. The first-order chi connectivity index (χ1) is 9.29. The summed E-state index contributed by atoms with van der Waals surface area (Å²) in [6.45, 7) is 0. The van der Waals surface area contributed by atoms with Crippen LogP contribution in [0.15, 0.2) is 40.9 Å². The largest absolute Gasteiger partial charge is 0.382 e. The van der Waals surface area contributed by atoms with Crippen molar-refractivity contribution in [2.75, 3.05) is 5.32 Å². The third-order valence-corrected chi connectivity index (χ3v) is 4.89. The molecule has 0 aliphatic heterocycles. The Bertz CT molecular complexity index is 602. The van der Waals surface area contributed by atoms with Gasteiger partial charge in [-0.3, -0.25) is 0 Å². The Hall–Kier alpha value is -1.02. The average molecular weight is 316 g/mol. The Labute approximate surface area is 122 Å². The lowest BCUT2D eigenvalue weighted by atomic mass is 10.1. The number of rotatable bonds is 4. The van der Waals surface area contributed by atoms with Crippen molar-refractivity contribution in [1.29, 1.82) is 0 Å². The van der Waals surface area contributed by atoms with Crippen molar-refractivity contribution in [2.45, 2.75) is 31.7 Å². The van der Waals surface area contributed by atoms with Crippen LogP contribution in [-0.2, 0) is 0 Å². The minimum Gasteiger partial charge on any atom is -0.382 e. The molecule has 4 rings (SSSR count). The van der Waals surface area contributed by atoms with Crippen LogP contribution < -0.4 is 5.32 Å². The highest BCUT2D eigenvalue weighted by Crippen LogP contribution is 2.46. The quantitative estimate of drug-likeness (QED) is 0.817. The number of hydrogen-bond acceptors (Lipinski definition) is 1. The van der Waals surface area contributed by atoms with E-state index >= 15 is 0 Å². The molecular formula is C17H18BrN. The molecule has 0 unspecified atom stereocenters. The molecule has 1 nitrogen and oxygen atoms in total. The van der Waals surface area contributed by atoms with Crippen molar-refractivity contribution in [1.82, 2.24) is 0 Å². The van der Waals surface area contributed by atoms with E-state index in [9.17, 15) is 0 Å². The predicted molar refractivity (Wildman–Crippen MR) is 84.5 cm³/mol. The highest BCUT2D eigenvalue weighted by molar-refractivity contribution is 9.10. The summed E-state index contributed by atoms with van der Waals surface area (Å²) in [7, 11) is 0. The third kappa shape index (κ3) is 2.51. The van der Waals surface area contributed by atoms with Gasteiger partial charge >= 0.3 is 0 Å². The zero-order chi connectivity index (χ0) is 12.8. The van der Waals surface area contributed by atoms with E-state index in [0.29, 0.717) is 0 Å². The highest BCUT2D eigenvalue weighted by atomic mass is 79.9. The second-order valence-corrected chi connectivity index (χ2v) is 6.97. The molecule has 2 saturated carbocycles. The van der Waals surface area contributed by atoms with E-state index in [1.54, 1.807) is 0 Å². The van der Waals surface area contributed by atoms with Gasteiger partial charge in [0.15, 0.2) is 0 Å². The molecule has 2 aromatic rings. The molecule has 2 aromatic carbocycles. The summed E-state index contributed by atoms with van der Waals surface area (Å²) < 4.78 is 1.15. The van der Waals surface area contributed by atoms with Gasteiger partial charge in [-0.1, -0.05) is 28.1 Å². The van der Waals surface area contributed by atoms with E-state index in [-0.39, 0.29) is 0 Å². The van der Waals surface area contributed by atoms with Crippen LogP contribution >= 0.6 is 15.9 Å². The highest BCUT2D eigenvalue weighted by Gasteiger charge is 2.41. The molecule has 0 atom stereocenters. The second-order valence-electron chi connectivity index (χ2n) is 6.05. The van der Waals surface area contributed by atoms with E-state index < -0.39 is 0 Å². The molecule has 0 spiro atoms. The molecule has 2 aliphatic rings. The fourth-order valence-electron chi connectivity index (χ4n) is 3.03. The van der Waals surface area contributed by atoms with E-state index in [1.165, 1.54) is 42.1 Å². The molecular weight excluding hydrogens is 298 g/mol. The van der Waals surface area contributed by atoms with Gasteiger partial charge in [-0.2, -0.15) is 0 Å². The van der Waals surface area contributed by atoms with Crippen LogP contribution in [0.1, 0.15) is 25.7 Å². The lowest BCUT2D eigenvalue weighted by Gasteiger charge is -2.19. The molecule has 0 bridgehead atoms. The second kappa shape index (κ2) is 4.52. The number of benzene rings is 2. The summed E-state index contributed by atoms with van der Waals surface area (Å²) in [4.78, 5) is 0. The van der Waals surface area contributed by atoms with Gasteiger partial charge in [0.25, 0.3) is 0 Å². The monoisotopic (exact) mass is 315 g/mol. The third-order valence-electron chi connectivity index (χ3n) is 4.40. The number of fused-ring (bicyclic) bond motifs is 1. The summed E-state index contributed by atoms with van der Waals surface area (Å²) in [5, 5.41) is 6.42. The van der Waals surface area contributed by atoms with Gasteiger partial charge in [-0.05, 0) is 72.6 Å². The average Bonchev–Trinajstić information content (AvgIpc) is 3.28. The molecule has 1 N–H and O–H groups in total. The maximum atomic E-state index is 3.80. The lowest BCUT2D eigenvalue weighted by Crippen LogP contribution is -2.24. The number of nitrogens with one attached hydrogen (secondary N) is 1. The van der Waals surface area contributed by atoms with Gasteiger partial charge in [0.05, 0.1) is 0 Å². The molecule has 2 fully saturated rings. The van der Waals surface area contributed by atoms with E-state index in [4.69, 9.17) is 0 Å². The maximum Gasteiger partial charge on any atom is 0.0348 e. The van der Waals surface area contributed by atoms with Crippen molar-refractivity contribution in [3.05, 3.63) is 40.9 Å².